The van der Waals surface area contributed by atoms with Crippen molar-refractivity contribution in [2.75, 3.05) is 37.8 Å². The van der Waals surface area contributed by atoms with Gasteiger partial charge in [0.1, 0.15) is 6.10 Å². The highest BCUT2D eigenvalue weighted by atomic mass is 32.2. The van der Waals surface area contributed by atoms with Crippen LogP contribution in [0.5, 0.6) is 5.88 Å². The number of fused-ring (bicyclic) bond motifs is 2. The summed E-state index contributed by atoms with van der Waals surface area (Å²) in [6.45, 7) is 1.17. The number of hydrogen-bond acceptors (Lipinski definition) is 8. The Morgan fingerprint density at radius 2 is 2.16 bits per heavy atom. The van der Waals surface area contributed by atoms with Crippen LogP contribution in [-0.4, -0.2) is 69.4 Å². The van der Waals surface area contributed by atoms with E-state index >= 15 is 0 Å². The highest BCUT2D eigenvalue weighted by Gasteiger charge is 2.34. The minimum Gasteiger partial charge on any atom is -0.471 e. The Balaban J connectivity index is 1.22. The van der Waals surface area contributed by atoms with Crippen LogP contribution in [0, 0.1) is 0 Å². The fourth-order valence-corrected chi connectivity index (χ4v) is 5.62. The predicted octanol–water partition coefficient (Wildman–Crippen LogP) is 1.30. The van der Waals surface area contributed by atoms with Crippen molar-refractivity contribution < 1.29 is 9.53 Å². The highest BCUT2D eigenvalue weighted by Crippen LogP contribution is 2.34. The minimum atomic E-state index is -0.124. The van der Waals surface area contributed by atoms with Gasteiger partial charge in [0, 0.05) is 44.8 Å². The molecule has 0 saturated carbocycles. The topological polar surface area (TPSA) is 93.5 Å². The van der Waals surface area contributed by atoms with Crippen molar-refractivity contribution in [3.8, 4) is 5.88 Å². The molecule has 3 aliphatic rings. The van der Waals surface area contributed by atoms with Crippen LogP contribution in [0.25, 0.3) is 0 Å². The lowest BCUT2D eigenvalue weighted by Crippen LogP contribution is -2.35. The van der Waals surface area contributed by atoms with Crippen LogP contribution in [0.3, 0.4) is 0 Å². The summed E-state index contributed by atoms with van der Waals surface area (Å²) in [4.78, 5) is 42.9. The van der Waals surface area contributed by atoms with Crippen LogP contribution in [0.4, 0.5) is 5.82 Å². The van der Waals surface area contributed by atoms with Gasteiger partial charge >= 0.3 is 0 Å². The molecule has 9 nitrogen and oxygen atoms in total. The molecule has 2 atom stereocenters. The molecule has 5 rings (SSSR count). The number of carbonyl (C=O) groups excluding carboxylic acids is 1. The van der Waals surface area contributed by atoms with E-state index in [1.807, 2.05) is 23.9 Å². The van der Waals surface area contributed by atoms with E-state index in [2.05, 4.69) is 9.97 Å². The van der Waals surface area contributed by atoms with E-state index in [-0.39, 0.29) is 23.6 Å². The van der Waals surface area contributed by atoms with Gasteiger partial charge in [-0.3, -0.25) is 19.1 Å². The summed E-state index contributed by atoms with van der Waals surface area (Å²) in [6, 6.07) is -0.124. The monoisotopic (exact) mass is 442 g/mol. The molecule has 4 heterocycles. The molecule has 0 spiro atoms. The van der Waals surface area contributed by atoms with Crippen LogP contribution >= 0.6 is 11.8 Å². The second kappa shape index (κ2) is 8.14. The molecule has 0 aromatic carbocycles. The number of anilines is 1. The quantitative estimate of drug-likeness (QED) is 0.640. The van der Waals surface area contributed by atoms with E-state index in [0.29, 0.717) is 25.4 Å². The van der Waals surface area contributed by atoms with Gasteiger partial charge in [-0.15, -0.1) is 0 Å². The van der Waals surface area contributed by atoms with E-state index in [1.165, 1.54) is 0 Å². The molecule has 2 unspecified atom stereocenters. The van der Waals surface area contributed by atoms with Crippen LogP contribution in [0.15, 0.2) is 22.3 Å². The maximum absolute atomic E-state index is 13.0. The minimum absolute atomic E-state index is 0.0577. The summed E-state index contributed by atoms with van der Waals surface area (Å²) < 4.78 is 7.74. The summed E-state index contributed by atoms with van der Waals surface area (Å²) in [5, 5.41) is 0.769. The van der Waals surface area contributed by atoms with Gasteiger partial charge < -0.3 is 14.5 Å². The average Bonchev–Trinajstić information content (AvgIpc) is 3.49. The number of thioether (sulfide) groups is 1. The maximum atomic E-state index is 13.0. The Morgan fingerprint density at radius 1 is 1.29 bits per heavy atom. The fourth-order valence-electron chi connectivity index (χ4n) is 4.47. The first kappa shape index (κ1) is 20.3. The van der Waals surface area contributed by atoms with Gasteiger partial charge in [0.2, 0.25) is 11.8 Å². The molecule has 2 aliphatic heterocycles. The summed E-state index contributed by atoms with van der Waals surface area (Å²) in [7, 11) is 3.80. The lowest BCUT2D eigenvalue weighted by Gasteiger charge is -2.20. The lowest BCUT2D eigenvalue weighted by molar-refractivity contribution is -0.131. The third-order valence-electron chi connectivity index (χ3n) is 6.13. The van der Waals surface area contributed by atoms with Crippen molar-refractivity contribution in [1.82, 2.24) is 24.4 Å². The van der Waals surface area contributed by atoms with E-state index in [1.54, 1.807) is 28.7 Å². The zero-order valence-electron chi connectivity index (χ0n) is 17.8. The molecule has 0 bridgehead atoms. The molecule has 1 fully saturated rings. The fraction of sp³-hybridized carbons (Fsp3) is 0.571. The highest BCUT2D eigenvalue weighted by molar-refractivity contribution is 7.99. The molecule has 0 radical (unpaired) electrons. The first-order valence-corrected chi connectivity index (χ1v) is 11.7. The summed E-state index contributed by atoms with van der Waals surface area (Å²) in [5.41, 5.74) is 1.86. The maximum Gasteiger partial charge on any atom is 0.257 e. The van der Waals surface area contributed by atoms with E-state index < -0.39 is 0 Å². The van der Waals surface area contributed by atoms with Crippen molar-refractivity contribution in [3.63, 3.8) is 0 Å². The van der Waals surface area contributed by atoms with Crippen LogP contribution < -0.4 is 15.2 Å². The number of aryl methyl sites for hydroxylation is 1. The summed E-state index contributed by atoms with van der Waals surface area (Å²) >= 11 is 1.58. The number of ether oxygens (including phenoxy) is 1. The van der Waals surface area contributed by atoms with Crippen molar-refractivity contribution in [1.29, 1.82) is 0 Å². The molecule has 2 aromatic heterocycles. The summed E-state index contributed by atoms with van der Waals surface area (Å²) in [5.74, 6) is 1.98. The average molecular weight is 443 g/mol. The Kier molecular flexibility index (Phi) is 5.33. The Bertz CT molecular complexity index is 1070. The molecule has 31 heavy (non-hydrogen) atoms. The lowest BCUT2D eigenvalue weighted by atomic mass is 10.2. The van der Waals surface area contributed by atoms with Crippen molar-refractivity contribution >= 4 is 23.5 Å². The largest absolute Gasteiger partial charge is 0.471 e. The normalized spacial score (nSPS) is 21.8. The summed E-state index contributed by atoms with van der Waals surface area (Å²) in [6.07, 6.45) is 6.94. The molecule has 1 saturated heterocycles. The van der Waals surface area contributed by atoms with Gasteiger partial charge in [-0.05, 0) is 19.3 Å². The molecule has 0 N–H and O–H groups in total. The van der Waals surface area contributed by atoms with Crippen LogP contribution in [-0.2, 0) is 17.6 Å². The van der Waals surface area contributed by atoms with Crippen molar-refractivity contribution in [2.45, 2.75) is 49.4 Å². The first-order chi connectivity index (χ1) is 15.0. The Hall–Kier alpha value is -2.62. The van der Waals surface area contributed by atoms with Crippen molar-refractivity contribution in [3.05, 3.63) is 34.0 Å². The van der Waals surface area contributed by atoms with Gasteiger partial charge in [0.05, 0.1) is 30.7 Å². The predicted molar refractivity (Wildman–Crippen MR) is 117 cm³/mol. The molecule has 164 valence electrons. The van der Waals surface area contributed by atoms with Gasteiger partial charge in [-0.1, -0.05) is 11.8 Å². The van der Waals surface area contributed by atoms with E-state index in [0.717, 1.165) is 53.7 Å². The van der Waals surface area contributed by atoms with Gasteiger partial charge in [-0.25, -0.2) is 4.98 Å². The van der Waals surface area contributed by atoms with Crippen LogP contribution in [0.1, 0.15) is 36.6 Å². The van der Waals surface area contributed by atoms with Gasteiger partial charge in [-0.2, -0.15) is 4.98 Å². The number of carbonyl (C=O) groups is 1. The number of amides is 1. The van der Waals surface area contributed by atoms with Gasteiger partial charge in [0.15, 0.2) is 11.0 Å². The zero-order chi connectivity index (χ0) is 21.5. The second-order valence-corrected chi connectivity index (χ2v) is 9.48. The first-order valence-electron chi connectivity index (χ1n) is 10.7. The van der Waals surface area contributed by atoms with Crippen LogP contribution in [0.2, 0.25) is 0 Å². The number of rotatable bonds is 5. The SMILES string of the molecule is CN(C)c1cncc(OC2CCN(C(=O)CC3CSc4nc5c(c(=O)n43)CCC5)C2)n1. The zero-order valence-corrected chi connectivity index (χ0v) is 18.6. The Labute approximate surface area is 184 Å². The number of likely N-dealkylation sites (tertiary alicyclic amines) is 1. The second-order valence-electron chi connectivity index (χ2n) is 8.50. The molecule has 2 aromatic rings. The van der Waals surface area contributed by atoms with Gasteiger partial charge in [0.25, 0.3) is 5.56 Å². The molecule has 1 aliphatic carbocycles. The molecular weight excluding hydrogens is 416 g/mol. The van der Waals surface area contributed by atoms with E-state index in [9.17, 15) is 9.59 Å². The number of nitrogens with zero attached hydrogens (tertiary/aromatic N) is 6. The standard InChI is InChI=1S/C21H26N6O3S/c1-25(2)17-9-22-10-18(24-17)30-14-6-7-26(11-14)19(28)8-13-12-31-21-23-16-5-3-4-15(16)20(29)27(13)21/h9-10,13-14H,3-8,11-12H2,1-2H3. The van der Waals surface area contributed by atoms with E-state index in [4.69, 9.17) is 9.72 Å². The number of aromatic nitrogens is 4. The third-order valence-corrected chi connectivity index (χ3v) is 7.22. The Morgan fingerprint density at radius 3 is 3.00 bits per heavy atom. The van der Waals surface area contributed by atoms with Crippen molar-refractivity contribution in [2.24, 2.45) is 0 Å². The molecular formula is C21H26N6O3S. The molecule has 1 amide bonds. The number of hydrogen-bond donors (Lipinski definition) is 0. The third kappa shape index (κ3) is 3.88. The smallest absolute Gasteiger partial charge is 0.257 e. The molecule has 10 heteroatoms.